The number of aromatic hydroxyl groups is 1. The number of hydrogen-bond donors (Lipinski definition) is 1. The fourth-order valence-corrected chi connectivity index (χ4v) is 3.87. The van der Waals surface area contributed by atoms with E-state index in [2.05, 4.69) is 22.1 Å². The van der Waals surface area contributed by atoms with Gasteiger partial charge < -0.3 is 14.6 Å². The lowest BCUT2D eigenvalue weighted by Gasteiger charge is -2.36. The minimum absolute atomic E-state index is 0.117. The second kappa shape index (κ2) is 7.58. The lowest BCUT2D eigenvalue weighted by molar-refractivity contribution is 0.175. The molecule has 1 saturated carbocycles. The van der Waals surface area contributed by atoms with Gasteiger partial charge in [-0.3, -0.25) is 0 Å². The summed E-state index contributed by atoms with van der Waals surface area (Å²) in [7, 11) is 1.87. The van der Waals surface area contributed by atoms with Gasteiger partial charge in [-0.2, -0.15) is 0 Å². The van der Waals surface area contributed by atoms with E-state index >= 15 is 0 Å². The van der Waals surface area contributed by atoms with Crippen LogP contribution in [0.3, 0.4) is 0 Å². The van der Waals surface area contributed by atoms with Gasteiger partial charge in [-0.25, -0.2) is 9.37 Å². The number of halogens is 1. The molecule has 0 spiro atoms. The molecule has 3 aromatic rings. The number of phenolic OH excluding ortho intramolecular Hbond substituents is 1. The van der Waals surface area contributed by atoms with Crippen molar-refractivity contribution in [1.29, 1.82) is 0 Å². The molecule has 2 aromatic heterocycles. The Bertz CT molecular complexity index is 928. The first-order chi connectivity index (χ1) is 13.5. The first-order valence-corrected chi connectivity index (χ1v) is 9.55. The molecule has 7 heteroatoms. The van der Waals surface area contributed by atoms with Crippen molar-refractivity contribution < 1.29 is 9.50 Å². The Labute approximate surface area is 163 Å². The summed E-state index contributed by atoms with van der Waals surface area (Å²) in [4.78, 5) is 5.89. The molecule has 1 fully saturated rings. The number of alkyl halides is 1. The van der Waals surface area contributed by atoms with Gasteiger partial charge in [0.25, 0.3) is 0 Å². The SMILES string of the molecule is CC1CC[C@H](N(C)c2ccc(-c3ccc(-n4ccnc4)cc3O)nn2)[C@@H](F)C1. The van der Waals surface area contributed by atoms with Crippen molar-refractivity contribution in [3.8, 4) is 22.7 Å². The normalized spacial score (nSPS) is 22.2. The molecular formula is C21H24FN5O. The quantitative estimate of drug-likeness (QED) is 0.740. The molecule has 0 aliphatic heterocycles. The van der Waals surface area contributed by atoms with Crippen LogP contribution >= 0.6 is 0 Å². The molecule has 6 nitrogen and oxygen atoms in total. The Hall–Kier alpha value is -2.96. The predicted molar refractivity (Wildman–Crippen MR) is 106 cm³/mol. The maximum absolute atomic E-state index is 14.5. The molecule has 1 aromatic carbocycles. The fraction of sp³-hybridized carbons (Fsp3) is 0.381. The number of benzene rings is 1. The van der Waals surface area contributed by atoms with E-state index in [1.165, 1.54) is 0 Å². The molecule has 0 bridgehead atoms. The Kier molecular flexibility index (Phi) is 4.98. The van der Waals surface area contributed by atoms with Crippen LogP contribution in [0.1, 0.15) is 26.2 Å². The van der Waals surface area contributed by atoms with E-state index in [-0.39, 0.29) is 11.8 Å². The topological polar surface area (TPSA) is 67.1 Å². The number of nitrogens with zero attached hydrogens (tertiary/aromatic N) is 5. The smallest absolute Gasteiger partial charge is 0.151 e. The molecule has 0 radical (unpaired) electrons. The van der Waals surface area contributed by atoms with Gasteiger partial charge in [0.05, 0.1) is 23.8 Å². The predicted octanol–water partition coefficient (Wildman–Crippen LogP) is 4.00. The van der Waals surface area contributed by atoms with E-state index in [1.807, 2.05) is 40.9 Å². The number of anilines is 1. The van der Waals surface area contributed by atoms with E-state index in [0.717, 1.165) is 18.5 Å². The third-order valence-corrected chi connectivity index (χ3v) is 5.57. The summed E-state index contributed by atoms with van der Waals surface area (Å²) in [6.07, 6.45) is 6.75. The largest absolute Gasteiger partial charge is 0.507 e. The van der Waals surface area contributed by atoms with E-state index in [0.29, 0.717) is 29.4 Å². The van der Waals surface area contributed by atoms with Gasteiger partial charge in [0, 0.05) is 31.1 Å². The van der Waals surface area contributed by atoms with Crippen LogP contribution < -0.4 is 4.90 Å². The lowest BCUT2D eigenvalue weighted by atomic mass is 9.85. The molecule has 3 atom stereocenters. The molecule has 1 aliphatic carbocycles. The number of hydrogen-bond acceptors (Lipinski definition) is 5. The second-order valence-electron chi connectivity index (χ2n) is 7.56. The summed E-state index contributed by atoms with van der Waals surface area (Å²) in [5.74, 6) is 1.19. The standard InChI is InChI=1S/C21H24FN5O/c1-14-3-7-19(17(22)11-14)26(2)21-8-6-18(24-25-21)16-5-4-15(12-20(16)28)27-10-9-23-13-27/h4-6,8-10,12-14,17,19,28H,3,7,11H2,1-2H3/t14?,17-,19-/m0/s1. The van der Waals surface area contributed by atoms with Crippen molar-refractivity contribution in [2.75, 3.05) is 11.9 Å². The van der Waals surface area contributed by atoms with Crippen LogP contribution in [0.2, 0.25) is 0 Å². The molecule has 1 unspecified atom stereocenters. The average molecular weight is 381 g/mol. The Balaban J connectivity index is 1.53. The van der Waals surface area contributed by atoms with E-state index in [1.54, 1.807) is 24.7 Å². The summed E-state index contributed by atoms with van der Waals surface area (Å²) in [5.41, 5.74) is 1.98. The summed E-state index contributed by atoms with van der Waals surface area (Å²) in [5, 5.41) is 19.0. The third kappa shape index (κ3) is 3.56. The van der Waals surface area contributed by atoms with Gasteiger partial charge in [0.15, 0.2) is 5.82 Å². The highest BCUT2D eigenvalue weighted by molar-refractivity contribution is 5.69. The third-order valence-electron chi connectivity index (χ3n) is 5.57. The fourth-order valence-electron chi connectivity index (χ4n) is 3.87. The van der Waals surface area contributed by atoms with Crippen LogP contribution in [-0.2, 0) is 0 Å². The van der Waals surface area contributed by atoms with Gasteiger partial charge >= 0.3 is 0 Å². The minimum Gasteiger partial charge on any atom is -0.507 e. The zero-order chi connectivity index (χ0) is 19.7. The van der Waals surface area contributed by atoms with Gasteiger partial charge in [-0.05, 0) is 49.4 Å². The summed E-state index contributed by atoms with van der Waals surface area (Å²) in [6.45, 7) is 2.10. The zero-order valence-corrected chi connectivity index (χ0v) is 16.0. The number of phenols is 1. The molecule has 4 rings (SSSR count). The van der Waals surface area contributed by atoms with Gasteiger partial charge in [-0.15, -0.1) is 10.2 Å². The second-order valence-corrected chi connectivity index (χ2v) is 7.56. The molecule has 146 valence electrons. The van der Waals surface area contributed by atoms with E-state index in [9.17, 15) is 9.50 Å². The first kappa shape index (κ1) is 18.4. The van der Waals surface area contributed by atoms with Gasteiger partial charge in [-0.1, -0.05) is 6.92 Å². The Morgan fingerprint density at radius 3 is 2.68 bits per heavy atom. The molecule has 28 heavy (non-hydrogen) atoms. The maximum atomic E-state index is 14.5. The number of rotatable bonds is 4. The van der Waals surface area contributed by atoms with E-state index < -0.39 is 6.17 Å². The van der Waals surface area contributed by atoms with Crippen LogP contribution in [-0.4, -0.2) is 44.1 Å². The van der Waals surface area contributed by atoms with Crippen LogP contribution in [0.15, 0.2) is 49.1 Å². The van der Waals surface area contributed by atoms with Crippen molar-refractivity contribution in [1.82, 2.24) is 19.7 Å². The highest BCUT2D eigenvalue weighted by Crippen LogP contribution is 2.33. The van der Waals surface area contributed by atoms with Crippen LogP contribution in [0.4, 0.5) is 10.2 Å². The summed E-state index contributed by atoms with van der Waals surface area (Å²) < 4.78 is 16.3. The highest BCUT2D eigenvalue weighted by atomic mass is 19.1. The van der Waals surface area contributed by atoms with Crippen molar-refractivity contribution in [3.63, 3.8) is 0 Å². The monoisotopic (exact) mass is 381 g/mol. The van der Waals surface area contributed by atoms with Crippen molar-refractivity contribution in [2.45, 2.75) is 38.4 Å². The number of imidazole rings is 1. The van der Waals surface area contributed by atoms with Crippen LogP contribution in [0.25, 0.3) is 16.9 Å². The average Bonchev–Trinajstić information content (AvgIpc) is 3.22. The lowest BCUT2D eigenvalue weighted by Crippen LogP contribution is -2.43. The van der Waals surface area contributed by atoms with Crippen molar-refractivity contribution in [2.24, 2.45) is 5.92 Å². The Morgan fingerprint density at radius 2 is 2.04 bits per heavy atom. The summed E-state index contributed by atoms with van der Waals surface area (Å²) in [6, 6.07) is 8.82. The highest BCUT2D eigenvalue weighted by Gasteiger charge is 2.32. The minimum atomic E-state index is -0.852. The molecular weight excluding hydrogens is 357 g/mol. The molecule has 1 N–H and O–H groups in total. The molecule has 0 amide bonds. The molecule has 1 aliphatic rings. The first-order valence-electron chi connectivity index (χ1n) is 9.55. The Morgan fingerprint density at radius 1 is 1.18 bits per heavy atom. The van der Waals surface area contributed by atoms with Crippen LogP contribution in [0, 0.1) is 5.92 Å². The van der Waals surface area contributed by atoms with Gasteiger partial charge in [0.2, 0.25) is 0 Å². The maximum Gasteiger partial charge on any atom is 0.151 e. The van der Waals surface area contributed by atoms with Gasteiger partial charge in [0.1, 0.15) is 11.9 Å². The molecule has 0 saturated heterocycles. The zero-order valence-electron chi connectivity index (χ0n) is 16.0. The molecule has 2 heterocycles. The summed E-state index contributed by atoms with van der Waals surface area (Å²) >= 11 is 0. The van der Waals surface area contributed by atoms with Crippen molar-refractivity contribution in [3.05, 3.63) is 49.1 Å². The van der Waals surface area contributed by atoms with Crippen LogP contribution in [0.5, 0.6) is 5.75 Å². The van der Waals surface area contributed by atoms with Crippen molar-refractivity contribution >= 4 is 5.82 Å². The van der Waals surface area contributed by atoms with E-state index in [4.69, 9.17) is 0 Å². The number of aromatic nitrogens is 4.